The van der Waals surface area contributed by atoms with E-state index < -0.39 is 0 Å². The van der Waals surface area contributed by atoms with Crippen molar-refractivity contribution in [3.05, 3.63) is 388 Å². The highest BCUT2D eigenvalue weighted by Crippen LogP contribution is 2.55. The van der Waals surface area contributed by atoms with Crippen LogP contribution in [0, 0.1) is 0 Å². The van der Waals surface area contributed by atoms with Crippen LogP contribution in [0.3, 0.4) is 0 Å². The Bertz CT molecular complexity index is 6050. The second-order valence-corrected chi connectivity index (χ2v) is 26.2. The summed E-state index contributed by atoms with van der Waals surface area (Å²) in [6, 6.07) is 116. The Labute approximate surface area is 587 Å². The van der Waals surface area contributed by atoms with Crippen LogP contribution in [0.2, 0.25) is 0 Å². The lowest BCUT2D eigenvalue weighted by Crippen LogP contribution is -2.61. The van der Waals surface area contributed by atoms with Gasteiger partial charge in [0.1, 0.15) is 22.3 Å². The molecule has 19 rings (SSSR count). The third-order valence-electron chi connectivity index (χ3n) is 20.3. The largest absolute Gasteiger partial charge is 0.456 e. The van der Waals surface area contributed by atoms with E-state index in [-0.39, 0.29) is 6.71 Å². The molecule has 5 heteroatoms. The van der Waals surface area contributed by atoms with E-state index in [1.807, 2.05) is 0 Å². The Hall–Kier alpha value is -13.2. The van der Waals surface area contributed by atoms with Crippen LogP contribution in [-0.4, -0.2) is 6.71 Å². The summed E-state index contributed by atoms with van der Waals surface area (Å²) in [4.78, 5) is 5.27. The van der Waals surface area contributed by atoms with Crippen LogP contribution in [0.4, 0.5) is 34.1 Å². The fraction of sp³-hybridized carbons (Fsp3) is 0. The third kappa shape index (κ3) is 10.4. The lowest BCUT2D eigenvalue weighted by atomic mass is 9.33. The molecule has 16 aromatic rings. The van der Waals surface area contributed by atoms with Crippen molar-refractivity contribution in [3.8, 4) is 77.9 Å². The summed E-state index contributed by atoms with van der Waals surface area (Å²) in [7, 11) is 0. The molecular weight excluding hydrogens is 1220 g/mol. The molecule has 1 aliphatic carbocycles. The number of para-hydroxylation sites is 4. The van der Waals surface area contributed by atoms with Gasteiger partial charge in [0, 0.05) is 66.5 Å². The summed E-state index contributed by atoms with van der Waals surface area (Å²) in [5.41, 5.74) is 30.6. The van der Waals surface area contributed by atoms with Gasteiger partial charge in [-0.25, -0.2) is 0 Å². The summed E-state index contributed by atoms with van der Waals surface area (Å²) in [5.74, 6) is 0. The maximum Gasteiger partial charge on any atom is 0.252 e. The minimum Gasteiger partial charge on any atom is -0.456 e. The van der Waals surface area contributed by atoms with Crippen molar-refractivity contribution in [1.82, 2.24) is 0 Å². The first-order chi connectivity index (χ1) is 50.1. The fourth-order valence-corrected chi connectivity index (χ4v) is 15.7. The quantitative estimate of drug-likeness (QED) is 0.128. The van der Waals surface area contributed by atoms with E-state index in [9.17, 15) is 0 Å². The van der Waals surface area contributed by atoms with Gasteiger partial charge in [0.05, 0.1) is 11.4 Å². The molecule has 0 atom stereocenters. The number of benzene rings is 14. The third-order valence-corrected chi connectivity index (χ3v) is 20.3. The van der Waals surface area contributed by atoms with Crippen LogP contribution >= 0.6 is 0 Å². The summed E-state index contributed by atoms with van der Waals surface area (Å²) < 4.78 is 14.2. The molecule has 0 saturated carbocycles. The Morgan fingerprint density at radius 3 is 1.02 bits per heavy atom. The normalized spacial score (nSPS) is 14.6. The summed E-state index contributed by atoms with van der Waals surface area (Å²) >= 11 is 0. The highest BCUT2D eigenvalue weighted by Gasteiger charge is 2.46. The van der Waals surface area contributed by atoms with Crippen molar-refractivity contribution in [3.63, 3.8) is 0 Å². The predicted molar refractivity (Wildman–Crippen MR) is 427 cm³/mol. The number of rotatable bonds is 10. The number of furan rings is 2. The number of hydrogen-bond donors (Lipinski definition) is 0. The topological polar surface area (TPSA) is 32.8 Å². The first-order valence-corrected chi connectivity index (χ1v) is 34.6. The van der Waals surface area contributed by atoms with E-state index in [1.54, 1.807) is 0 Å². The van der Waals surface area contributed by atoms with Gasteiger partial charge in [-0.05, 0) is 150 Å². The Balaban J connectivity index is 0.985. The zero-order chi connectivity index (χ0) is 66.7. The zero-order valence-corrected chi connectivity index (χ0v) is 55.2. The molecular formula is C96H63BN2O2. The van der Waals surface area contributed by atoms with Gasteiger partial charge in [-0.15, -0.1) is 0 Å². The molecule has 0 saturated heterocycles. The second-order valence-electron chi connectivity index (χ2n) is 26.2. The molecule has 0 radical (unpaired) electrons. The van der Waals surface area contributed by atoms with E-state index in [4.69, 9.17) is 8.83 Å². The van der Waals surface area contributed by atoms with Crippen molar-refractivity contribution < 1.29 is 8.83 Å². The molecule has 4 heterocycles. The van der Waals surface area contributed by atoms with Crippen molar-refractivity contribution >= 4 is 107 Å². The monoisotopic (exact) mass is 1290 g/mol. The second kappa shape index (κ2) is 25.0. The zero-order valence-electron chi connectivity index (χ0n) is 55.2. The first kappa shape index (κ1) is 59.1. The van der Waals surface area contributed by atoms with Crippen LogP contribution in [0.1, 0.15) is 5.56 Å². The van der Waals surface area contributed by atoms with Crippen molar-refractivity contribution in [1.29, 1.82) is 0 Å². The van der Waals surface area contributed by atoms with E-state index in [2.05, 4.69) is 392 Å². The SMILES string of the molecule is C1=C/C=C/C=C/C=C\C(c2cccc(-c3cccc(-c4ccccc4)c3)c2N2c3cc4c(cc3B3c5cc6oc7ccccc7c6cc5N(c5c(-c6cccc(-c7ccccc7)c6)cccc5-c5cccc(-c6ccccc6)c5)c5cc(-c6ccccc6)cc2c53)oc2ccccc24)=C/C=C1. The number of anilines is 6. The maximum absolute atomic E-state index is 7.11. The van der Waals surface area contributed by atoms with Crippen LogP contribution in [0.15, 0.2) is 391 Å². The van der Waals surface area contributed by atoms with Gasteiger partial charge in [-0.1, -0.05) is 316 Å². The van der Waals surface area contributed by atoms with Gasteiger partial charge in [-0.2, -0.15) is 0 Å². The summed E-state index contributed by atoms with van der Waals surface area (Å²) in [6.07, 6.45) is 23.4. The Morgan fingerprint density at radius 2 is 0.574 bits per heavy atom. The van der Waals surface area contributed by atoms with Gasteiger partial charge in [0.15, 0.2) is 0 Å². The highest BCUT2D eigenvalue weighted by atomic mass is 16.3. The minimum absolute atomic E-state index is 0.360. The number of hydrogen-bond acceptors (Lipinski definition) is 4. The molecule has 0 amide bonds. The van der Waals surface area contributed by atoms with Crippen molar-refractivity contribution in [2.45, 2.75) is 0 Å². The van der Waals surface area contributed by atoms with E-state index >= 15 is 0 Å². The summed E-state index contributed by atoms with van der Waals surface area (Å²) in [5, 5.41) is 4.19. The first-order valence-electron chi connectivity index (χ1n) is 34.6. The average molecular weight is 1290 g/mol. The standard InChI is InChI=1S/C96H63BN2O2/c1-2-4-6-12-39-68(40-13-7-5-3-1)76-49-29-50-77(72-44-26-41-69(55-72)64-31-14-8-15-32-64)95(76)98-86-60-82-80-47-22-24-53-90(80)100-92(82)62-84(86)97-85-63-93-83(81-48-23-25-54-91(81)101-93)61-87(85)99(89-59-75(58-88(98)94(89)97)67-37-20-11-21-38-67)96-78(73-45-27-42-70(56-73)65-33-16-9-17-34-65)51-30-52-79(96)74-46-28-43-71(57-74)66-35-18-10-19-36-66/h1-63H/b2-1+,3-1?,4-2?,5-3?,6-4+,7-5?,12-6?,13-7?,39-12-,40-13?,68-39?,68-40+. The molecule has 14 aromatic carbocycles. The van der Waals surface area contributed by atoms with Gasteiger partial charge in [-0.3, -0.25) is 0 Å². The van der Waals surface area contributed by atoms with Crippen LogP contribution in [-0.2, 0) is 0 Å². The fourth-order valence-electron chi connectivity index (χ4n) is 15.7. The van der Waals surface area contributed by atoms with Crippen LogP contribution in [0.25, 0.3) is 127 Å². The van der Waals surface area contributed by atoms with E-state index in [0.717, 1.165) is 183 Å². The molecule has 101 heavy (non-hydrogen) atoms. The molecule has 2 aliphatic heterocycles. The molecule has 472 valence electrons. The Morgan fingerprint density at radius 1 is 0.228 bits per heavy atom. The number of nitrogens with zero attached hydrogens (tertiary/aromatic N) is 2. The molecule has 0 unspecified atom stereocenters. The number of allylic oxidation sites excluding steroid dienone is 12. The smallest absolute Gasteiger partial charge is 0.252 e. The molecule has 0 bridgehead atoms. The maximum atomic E-state index is 7.11. The van der Waals surface area contributed by atoms with Crippen LogP contribution in [0.5, 0.6) is 0 Å². The molecule has 3 aliphatic rings. The Kier molecular flexibility index (Phi) is 14.6. The van der Waals surface area contributed by atoms with Gasteiger partial charge >= 0.3 is 0 Å². The molecule has 4 nitrogen and oxygen atoms in total. The molecule has 2 aromatic heterocycles. The lowest BCUT2D eigenvalue weighted by Gasteiger charge is -2.46. The minimum atomic E-state index is -0.360. The lowest BCUT2D eigenvalue weighted by molar-refractivity contribution is 0.669. The van der Waals surface area contributed by atoms with E-state index in [1.165, 1.54) is 0 Å². The van der Waals surface area contributed by atoms with Gasteiger partial charge < -0.3 is 18.6 Å². The van der Waals surface area contributed by atoms with Gasteiger partial charge in [0.25, 0.3) is 6.71 Å². The summed E-state index contributed by atoms with van der Waals surface area (Å²) in [6.45, 7) is -0.360. The molecule has 0 fully saturated rings. The van der Waals surface area contributed by atoms with E-state index in [0.29, 0.717) is 0 Å². The number of fused-ring (bicyclic) bond motifs is 10. The van der Waals surface area contributed by atoms with Crippen LogP contribution < -0.4 is 26.2 Å². The van der Waals surface area contributed by atoms with Crippen molar-refractivity contribution in [2.24, 2.45) is 0 Å². The molecule has 0 spiro atoms. The predicted octanol–water partition coefficient (Wildman–Crippen LogP) is 24.4. The van der Waals surface area contributed by atoms with Crippen molar-refractivity contribution in [2.75, 3.05) is 9.80 Å². The highest BCUT2D eigenvalue weighted by molar-refractivity contribution is 7.00. The average Bonchev–Trinajstić information content (AvgIpc) is 1.53. The van der Waals surface area contributed by atoms with Gasteiger partial charge in [0.2, 0.25) is 0 Å². The molecule has 0 N–H and O–H groups in total.